The predicted octanol–water partition coefficient (Wildman–Crippen LogP) is 1.90. The number of aryl methyl sites for hydroxylation is 2. The Morgan fingerprint density at radius 2 is 1.96 bits per heavy atom. The lowest BCUT2D eigenvalue weighted by molar-refractivity contribution is 0.102. The molecule has 0 fully saturated rings. The van der Waals surface area contributed by atoms with Gasteiger partial charge in [-0.1, -0.05) is 35.5 Å². The van der Waals surface area contributed by atoms with E-state index in [2.05, 4.69) is 31.0 Å². The Morgan fingerprint density at radius 3 is 2.70 bits per heavy atom. The fraction of sp³-hybridized carbons (Fsp3) is 0.176. The van der Waals surface area contributed by atoms with Crippen LogP contribution in [0.5, 0.6) is 0 Å². The SMILES string of the molecule is Cc1noc(C)c1NC(=O)c1ccn(Cn2nnc(-c3ccccc3)n2)n1. The fourth-order valence-electron chi connectivity index (χ4n) is 2.54. The van der Waals surface area contributed by atoms with Crippen molar-refractivity contribution in [1.82, 2.24) is 35.1 Å². The van der Waals surface area contributed by atoms with Gasteiger partial charge < -0.3 is 9.84 Å². The minimum absolute atomic E-state index is 0.235. The van der Waals surface area contributed by atoms with Crippen molar-refractivity contribution in [3.05, 3.63) is 59.7 Å². The van der Waals surface area contributed by atoms with E-state index in [4.69, 9.17) is 4.52 Å². The number of hydrogen-bond acceptors (Lipinski definition) is 7. The topological polar surface area (TPSA) is 117 Å². The molecule has 10 nitrogen and oxygen atoms in total. The van der Waals surface area contributed by atoms with E-state index in [1.807, 2.05) is 30.3 Å². The van der Waals surface area contributed by atoms with Crippen molar-refractivity contribution in [1.29, 1.82) is 0 Å². The molecule has 3 aromatic heterocycles. The van der Waals surface area contributed by atoms with Crippen molar-refractivity contribution in [3.63, 3.8) is 0 Å². The third-order valence-corrected chi connectivity index (χ3v) is 3.90. The molecule has 0 saturated heterocycles. The van der Waals surface area contributed by atoms with Crippen LogP contribution < -0.4 is 5.32 Å². The maximum atomic E-state index is 12.4. The number of rotatable bonds is 5. The minimum Gasteiger partial charge on any atom is -0.359 e. The number of benzene rings is 1. The van der Waals surface area contributed by atoms with E-state index in [1.165, 1.54) is 4.80 Å². The van der Waals surface area contributed by atoms with Gasteiger partial charge in [0.05, 0.1) is 0 Å². The average molecular weight is 364 g/mol. The van der Waals surface area contributed by atoms with Crippen LogP contribution in [-0.2, 0) is 6.67 Å². The van der Waals surface area contributed by atoms with Crippen molar-refractivity contribution >= 4 is 11.6 Å². The number of tetrazole rings is 1. The van der Waals surface area contributed by atoms with Gasteiger partial charge in [-0.05, 0) is 25.1 Å². The lowest BCUT2D eigenvalue weighted by Gasteiger charge is -2.02. The second-order valence-corrected chi connectivity index (χ2v) is 5.89. The molecule has 1 N–H and O–H groups in total. The molecule has 0 aliphatic rings. The van der Waals surface area contributed by atoms with E-state index >= 15 is 0 Å². The molecule has 1 amide bonds. The summed E-state index contributed by atoms with van der Waals surface area (Å²) >= 11 is 0. The van der Waals surface area contributed by atoms with E-state index < -0.39 is 0 Å². The zero-order chi connectivity index (χ0) is 18.8. The largest absolute Gasteiger partial charge is 0.359 e. The first kappa shape index (κ1) is 16.6. The zero-order valence-electron chi connectivity index (χ0n) is 14.7. The van der Waals surface area contributed by atoms with Crippen molar-refractivity contribution in [3.8, 4) is 11.4 Å². The Labute approximate surface area is 153 Å². The monoisotopic (exact) mass is 364 g/mol. The summed E-state index contributed by atoms with van der Waals surface area (Å²) in [5.74, 6) is 0.722. The zero-order valence-corrected chi connectivity index (χ0v) is 14.7. The summed E-state index contributed by atoms with van der Waals surface area (Å²) in [4.78, 5) is 13.8. The summed E-state index contributed by atoms with van der Waals surface area (Å²) in [6.45, 7) is 3.72. The second kappa shape index (κ2) is 6.83. The molecule has 27 heavy (non-hydrogen) atoms. The van der Waals surface area contributed by atoms with Crippen LogP contribution in [0.3, 0.4) is 0 Å². The van der Waals surface area contributed by atoms with Crippen LogP contribution >= 0.6 is 0 Å². The van der Waals surface area contributed by atoms with Gasteiger partial charge in [0.15, 0.2) is 18.1 Å². The summed E-state index contributed by atoms with van der Waals surface area (Å²) in [5.41, 5.74) is 2.31. The molecule has 0 spiro atoms. The molecular weight excluding hydrogens is 348 g/mol. The lowest BCUT2D eigenvalue weighted by atomic mass is 10.2. The number of carbonyl (C=O) groups is 1. The summed E-state index contributed by atoms with van der Waals surface area (Å²) in [7, 11) is 0. The van der Waals surface area contributed by atoms with Crippen molar-refractivity contribution < 1.29 is 9.32 Å². The molecule has 10 heteroatoms. The summed E-state index contributed by atoms with van der Waals surface area (Å²) in [5, 5.41) is 23.2. The summed E-state index contributed by atoms with van der Waals surface area (Å²) in [6, 6.07) is 11.2. The van der Waals surface area contributed by atoms with Gasteiger partial charge in [-0.3, -0.25) is 4.79 Å². The maximum Gasteiger partial charge on any atom is 0.276 e. The molecule has 0 aliphatic heterocycles. The number of nitrogens with zero attached hydrogens (tertiary/aromatic N) is 7. The lowest BCUT2D eigenvalue weighted by Crippen LogP contribution is -2.16. The normalized spacial score (nSPS) is 10.9. The Kier molecular flexibility index (Phi) is 4.21. The molecule has 1 aromatic carbocycles. The molecule has 3 heterocycles. The standard InChI is InChI=1S/C17H16N8O2/c1-11-15(12(2)27-22-11)18-17(26)14-8-9-24(20-14)10-25-21-16(19-23-25)13-6-4-3-5-7-13/h3-9H,10H2,1-2H3,(H,18,26). The smallest absolute Gasteiger partial charge is 0.276 e. The third-order valence-electron chi connectivity index (χ3n) is 3.90. The molecule has 4 rings (SSSR count). The first-order chi connectivity index (χ1) is 13.1. The summed E-state index contributed by atoms with van der Waals surface area (Å²) in [6.07, 6.45) is 1.67. The van der Waals surface area contributed by atoms with Gasteiger partial charge in [0.25, 0.3) is 5.91 Å². The molecule has 0 unspecified atom stereocenters. The van der Waals surface area contributed by atoms with Gasteiger partial charge in [0.2, 0.25) is 5.82 Å². The number of nitrogens with one attached hydrogen (secondary N) is 1. The van der Waals surface area contributed by atoms with Crippen LogP contribution in [0.1, 0.15) is 21.9 Å². The molecule has 0 atom stereocenters. The Morgan fingerprint density at radius 1 is 1.15 bits per heavy atom. The average Bonchev–Trinajstić information content (AvgIpc) is 3.40. The number of anilines is 1. The van der Waals surface area contributed by atoms with Crippen molar-refractivity contribution in [2.75, 3.05) is 5.32 Å². The van der Waals surface area contributed by atoms with Crippen LogP contribution in [0.4, 0.5) is 5.69 Å². The molecule has 0 aliphatic carbocycles. The molecule has 4 aromatic rings. The third kappa shape index (κ3) is 3.45. The van der Waals surface area contributed by atoms with Gasteiger partial charge in [-0.15, -0.1) is 15.0 Å². The van der Waals surface area contributed by atoms with Crippen LogP contribution in [-0.4, -0.2) is 41.1 Å². The van der Waals surface area contributed by atoms with E-state index in [9.17, 15) is 4.79 Å². The van der Waals surface area contributed by atoms with Crippen molar-refractivity contribution in [2.45, 2.75) is 20.5 Å². The number of aromatic nitrogens is 7. The first-order valence-corrected chi connectivity index (χ1v) is 8.21. The van der Waals surface area contributed by atoms with Crippen LogP contribution in [0, 0.1) is 13.8 Å². The van der Waals surface area contributed by atoms with Crippen LogP contribution in [0.2, 0.25) is 0 Å². The highest BCUT2D eigenvalue weighted by Crippen LogP contribution is 2.19. The first-order valence-electron chi connectivity index (χ1n) is 8.21. The highest BCUT2D eigenvalue weighted by Gasteiger charge is 2.16. The molecule has 0 bridgehead atoms. The van der Waals surface area contributed by atoms with Crippen LogP contribution in [0.25, 0.3) is 11.4 Å². The number of carbonyl (C=O) groups excluding carboxylic acids is 1. The second-order valence-electron chi connectivity index (χ2n) is 5.89. The summed E-state index contributed by atoms with van der Waals surface area (Å²) < 4.78 is 6.59. The number of hydrogen-bond donors (Lipinski definition) is 1. The highest BCUT2D eigenvalue weighted by molar-refractivity contribution is 6.03. The minimum atomic E-state index is -0.348. The molecule has 0 saturated carbocycles. The van der Waals surface area contributed by atoms with Gasteiger partial charge in [0, 0.05) is 11.8 Å². The fourth-order valence-corrected chi connectivity index (χ4v) is 2.54. The Bertz CT molecular complexity index is 1060. The van der Waals surface area contributed by atoms with E-state index in [0.29, 0.717) is 23.0 Å². The predicted molar refractivity (Wildman–Crippen MR) is 94.8 cm³/mol. The maximum absolute atomic E-state index is 12.4. The number of amides is 1. The molecular formula is C17H16N8O2. The van der Waals surface area contributed by atoms with E-state index in [0.717, 1.165) is 5.56 Å². The van der Waals surface area contributed by atoms with Crippen LogP contribution in [0.15, 0.2) is 47.1 Å². The van der Waals surface area contributed by atoms with Gasteiger partial charge in [-0.25, -0.2) is 4.68 Å². The quantitative estimate of drug-likeness (QED) is 0.575. The van der Waals surface area contributed by atoms with Crippen molar-refractivity contribution in [2.24, 2.45) is 0 Å². The Balaban J connectivity index is 1.45. The van der Waals surface area contributed by atoms with Gasteiger partial charge in [-0.2, -0.15) is 5.10 Å². The van der Waals surface area contributed by atoms with Gasteiger partial charge in [0.1, 0.15) is 11.4 Å². The van der Waals surface area contributed by atoms with E-state index in [-0.39, 0.29) is 18.3 Å². The Hall–Kier alpha value is -3.82. The molecule has 136 valence electrons. The highest BCUT2D eigenvalue weighted by atomic mass is 16.5. The molecule has 0 radical (unpaired) electrons. The van der Waals surface area contributed by atoms with E-state index in [1.54, 1.807) is 30.8 Å². The van der Waals surface area contributed by atoms with Gasteiger partial charge >= 0.3 is 0 Å².